The molecular weight excluding hydrogens is 364 g/mol. The number of carbonyl (C=O) groups is 3. The summed E-state index contributed by atoms with van der Waals surface area (Å²) in [6, 6.07) is 6.57. The number of piperidine rings is 1. The van der Waals surface area contributed by atoms with Gasteiger partial charge in [0.1, 0.15) is 0 Å². The predicted molar refractivity (Wildman–Crippen MR) is 87.6 cm³/mol. The van der Waals surface area contributed by atoms with Crippen molar-refractivity contribution in [2.45, 2.75) is 25.3 Å². The Kier molecular flexibility index (Phi) is 5.76. The van der Waals surface area contributed by atoms with E-state index in [4.69, 9.17) is 5.11 Å². The number of amides is 2. The van der Waals surface area contributed by atoms with Gasteiger partial charge in [0, 0.05) is 30.4 Å². The molecule has 2 amide bonds. The summed E-state index contributed by atoms with van der Waals surface area (Å²) in [5.74, 6) is -1.72. The third-order valence-corrected chi connectivity index (χ3v) is 4.47. The first-order valence-electron chi connectivity index (χ1n) is 7.38. The molecule has 1 aliphatic heterocycles. The number of carbonyl (C=O) groups excluding carboxylic acids is 2. The molecule has 23 heavy (non-hydrogen) atoms. The molecule has 0 bridgehead atoms. The number of carboxylic acids is 1. The number of halogens is 1. The van der Waals surface area contributed by atoms with Gasteiger partial charge in [-0.25, -0.2) is 0 Å². The van der Waals surface area contributed by atoms with Crippen molar-refractivity contribution in [2.75, 3.05) is 13.6 Å². The maximum absolute atomic E-state index is 12.4. The largest absolute Gasteiger partial charge is 0.481 e. The van der Waals surface area contributed by atoms with Gasteiger partial charge < -0.3 is 15.3 Å². The molecule has 1 aromatic carbocycles. The molecule has 0 aliphatic carbocycles. The second kappa shape index (κ2) is 7.59. The van der Waals surface area contributed by atoms with Gasteiger partial charge >= 0.3 is 5.97 Å². The van der Waals surface area contributed by atoms with Crippen LogP contribution in [0.4, 0.5) is 0 Å². The van der Waals surface area contributed by atoms with Crippen molar-refractivity contribution in [1.82, 2.24) is 10.2 Å². The van der Waals surface area contributed by atoms with Crippen LogP contribution in [-0.2, 0) is 14.4 Å². The van der Waals surface area contributed by atoms with Crippen LogP contribution < -0.4 is 5.32 Å². The van der Waals surface area contributed by atoms with Crippen LogP contribution in [0.3, 0.4) is 0 Å². The van der Waals surface area contributed by atoms with Crippen LogP contribution in [0.2, 0.25) is 0 Å². The van der Waals surface area contributed by atoms with Crippen LogP contribution >= 0.6 is 15.9 Å². The Labute approximate surface area is 143 Å². The summed E-state index contributed by atoms with van der Waals surface area (Å²) in [5, 5.41) is 11.9. The fourth-order valence-corrected chi connectivity index (χ4v) is 3.02. The third kappa shape index (κ3) is 4.79. The molecule has 2 atom stereocenters. The van der Waals surface area contributed by atoms with Crippen molar-refractivity contribution < 1.29 is 19.5 Å². The molecule has 2 N–H and O–H groups in total. The highest BCUT2D eigenvalue weighted by Gasteiger charge is 2.30. The van der Waals surface area contributed by atoms with Gasteiger partial charge in [0.15, 0.2) is 0 Å². The maximum atomic E-state index is 12.4. The van der Waals surface area contributed by atoms with Crippen molar-refractivity contribution in [1.29, 1.82) is 0 Å². The van der Waals surface area contributed by atoms with E-state index < -0.39 is 17.9 Å². The lowest BCUT2D eigenvalue weighted by Crippen LogP contribution is -2.43. The van der Waals surface area contributed by atoms with Gasteiger partial charge in [-0.1, -0.05) is 28.1 Å². The van der Waals surface area contributed by atoms with Gasteiger partial charge in [-0.3, -0.25) is 14.4 Å². The van der Waals surface area contributed by atoms with E-state index in [0.717, 1.165) is 10.0 Å². The molecule has 1 aliphatic rings. The lowest BCUT2D eigenvalue weighted by Gasteiger charge is -2.29. The number of carboxylic acid groups (broad SMARTS) is 1. The first-order chi connectivity index (χ1) is 10.9. The first kappa shape index (κ1) is 17.5. The van der Waals surface area contributed by atoms with Gasteiger partial charge in [0.05, 0.1) is 12.5 Å². The Morgan fingerprint density at radius 1 is 1.48 bits per heavy atom. The molecule has 0 radical (unpaired) electrons. The topological polar surface area (TPSA) is 86.7 Å². The number of aliphatic carboxylic acids is 1. The molecule has 1 saturated heterocycles. The van der Waals surface area contributed by atoms with E-state index in [1.165, 1.54) is 0 Å². The molecule has 0 saturated carbocycles. The Morgan fingerprint density at radius 2 is 2.22 bits per heavy atom. The van der Waals surface area contributed by atoms with Gasteiger partial charge in [-0.15, -0.1) is 0 Å². The minimum atomic E-state index is -0.991. The summed E-state index contributed by atoms with van der Waals surface area (Å²) < 4.78 is 0.814. The third-order valence-electron chi connectivity index (χ3n) is 3.98. The predicted octanol–water partition coefficient (Wildman–Crippen LogP) is 1.95. The quantitative estimate of drug-likeness (QED) is 0.814. The highest BCUT2D eigenvalue weighted by atomic mass is 79.9. The fourth-order valence-electron chi connectivity index (χ4n) is 2.61. The molecule has 1 heterocycles. The van der Waals surface area contributed by atoms with Crippen molar-refractivity contribution in [2.24, 2.45) is 5.92 Å². The summed E-state index contributed by atoms with van der Waals surface area (Å²) in [4.78, 5) is 36.8. The molecule has 0 aromatic heterocycles. The number of hydrogen-bond acceptors (Lipinski definition) is 3. The number of nitrogens with one attached hydrogen (secondary N) is 1. The summed E-state index contributed by atoms with van der Waals surface area (Å²) in [5.41, 5.74) is 0.717. The zero-order chi connectivity index (χ0) is 17.0. The number of rotatable bonds is 5. The standard InChI is InChI=1S/C16H19BrN2O4/c1-19-6-5-11(8-14(19)20)16(23)18-13(9-15(21)22)10-3-2-4-12(17)7-10/h2-4,7,11,13H,5-6,8-9H2,1H3,(H,18,23)(H,21,22)/t11-,13-/m0/s1. The molecule has 6 nitrogen and oxygen atoms in total. The molecule has 1 fully saturated rings. The lowest BCUT2D eigenvalue weighted by molar-refractivity contribution is -0.140. The second-order valence-corrected chi connectivity index (χ2v) is 6.63. The van der Waals surface area contributed by atoms with Crippen molar-refractivity contribution in [3.8, 4) is 0 Å². The van der Waals surface area contributed by atoms with Crippen LogP contribution in [0.1, 0.15) is 30.9 Å². The molecule has 1 aromatic rings. The Morgan fingerprint density at radius 3 is 2.83 bits per heavy atom. The van der Waals surface area contributed by atoms with Gasteiger partial charge in [0.2, 0.25) is 11.8 Å². The maximum Gasteiger partial charge on any atom is 0.305 e. The van der Waals surface area contributed by atoms with Crippen LogP contribution in [-0.4, -0.2) is 41.4 Å². The van der Waals surface area contributed by atoms with Crippen LogP contribution in [0.5, 0.6) is 0 Å². The molecular formula is C16H19BrN2O4. The number of benzene rings is 1. The van der Waals surface area contributed by atoms with Crippen molar-refractivity contribution >= 4 is 33.7 Å². The number of hydrogen-bond donors (Lipinski definition) is 2. The second-order valence-electron chi connectivity index (χ2n) is 5.72. The fraction of sp³-hybridized carbons (Fsp3) is 0.438. The van der Waals surface area contributed by atoms with Gasteiger partial charge in [-0.05, 0) is 24.1 Å². The molecule has 2 rings (SSSR count). The van der Waals surface area contributed by atoms with E-state index in [2.05, 4.69) is 21.2 Å². The monoisotopic (exact) mass is 382 g/mol. The highest BCUT2D eigenvalue weighted by Crippen LogP contribution is 2.23. The zero-order valence-electron chi connectivity index (χ0n) is 12.8. The van der Waals surface area contributed by atoms with E-state index in [-0.39, 0.29) is 24.7 Å². The number of likely N-dealkylation sites (tertiary alicyclic amines) is 1. The highest BCUT2D eigenvalue weighted by molar-refractivity contribution is 9.10. The number of nitrogens with zero attached hydrogens (tertiary/aromatic N) is 1. The van der Waals surface area contributed by atoms with E-state index in [9.17, 15) is 14.4 Å². The minimum absolute atomic E-state index is 0.0614. The Balaban J connectivity index is 2.10. The lowest BCUT2D eigenvalue weighted by atomic mass is 9.94. The summed E-state index contributed by atoms with van der Waals surface area (Å²) in [7, 11) is 1.71. The summed E-state index contributed by atoms with van der Waals surface area (Å²) in [6.45, 7) is 0.539. The average molecular weight is 383 g/mol. The van der Waals surface area contributed by atoms with Crippen molar-refractivity contribution in [3.05, 3.63) is 34.3 Å². The van der Waals surface area contributed by atoms with Crippen LogP contribution in [0.25, 0.3) is 0 Å². The summed E-state index contributed by atoms with van der Waals surface area (Å²) in [6.07, 6.45) is 0.551. The van der Waals surface area contributed by atoms with Gasteiger partial charge in [0.25, 0.3) is 0 Å². The Bertz CT molecular complexity index is 620. The van der Waals surface area contributed by atoms with Crippen LogP contribution in [0.15, 0.2) is 28.7 Å². The zero-order valence-corrected chi connectivity index (χ0v) is 14.4. The summed E-state index contributed by atoms with van der Waals surface area (Å²) >= 11 is 3.34. The van der Waals surface area contributed by atoms with E-state index in [1.807, 2.05) is 6.07 Å². The van der Waals surface area contributed by atoms with Crippen molar-refractivity contribution in [3.63, 3.8) is 0 Å². The smallest absolute Gasteiger partial charge is 0.305 e. The minimum Gasteiger partial charge on any atom is -0.481 e. The molecule has 0 spiro atoms. The first-order valence-corrected chi connectivity index (χ1v) is 8.17. The van der Waals surface area contributed by atoms with E-state index in [0.29, 0.717) is 13.0 Å². The van der Waals surface area contributed by atoms with E-state index >= 15 is 0 Å². The molecule has 7 heteroatoms. The van der Waals surface area contributed by atoms with Gasteiger partial charge in [-0.2, -0.15) is 0 Å². The normalized spacial score (nSPS) is 19.3. The van der Waals surface area contributed by atoms with Crippen LogP contribution in [0, 0.1) is 5.92 Å². The average Bonchev–Trinajstić information content (AvgIpc) is 2.48. The van der Waals surface area contributed by atoms with E-state index in [1.54, 1.807) is 30.1 Å². The molecule has 124 valence electrons. The Hall–Kier alpha value is -1.89. The SMILES string of the molecule is CN1CC[C@H](C(=O)N[C@@H](CC(=O)O)c2cccc(Br)c2)CC1=O. The molecule has 0 unspecified atom stereocenters.